The molecule has 1 heterocycles. The van der Waals surface area contributed by atoms with Crippen molar-refractivity contribution in [3.8, 4) is 5.75 Å². The van der Waals surface area contributed by atoms with Crippen LogP contribution in [-0.2, 0) is 4.79 Å². The molecule has 1 aliphatic heterocycles. The molecule has 4 heteroatoms. The number of rotatable bonds is 0. The number of ether oxygens (including phenoxy) is 1. The lowest BCUT2D eigenvalue weighted by Gasteiger charge is -2.25. The van der Waals surface area contributed by atoms with Crippen LogP contribution in [0.2, 0.25) is 0 Å². The van der Waals surface area contributed by atoms with E-state index in [1.165, 1.54) is 0 Å². The SMILES string of the molecule is O=C1Nc2cc(I)ccc2OC12CC2. The summed E-state index contributed by atoms with van der Waals surface area (Å²) < 4.78 is 6.78. The van der Waals surface area contributed by atoms with E-state index in [1.54, 1.807) is 0 Å². The van der Waals surface area contributed by atoms with Gasteiger partial charge in [0.15, 0.2) is 5.60 Å². The first-order chi connectivity index (χ1) is 6.70. The molecule has 3 nitrogen and oxygen atoms in total. The standard InChI is InChI=1S/C10H8INO2/c11-6-1-2-8-7(5-6)12-9(13)10(14-8)3-4-10/h1-2,5H,3-4H2,(H,12,13). The Bertz CT molecular complexity index is 426. The summed E-state index contributed by atoms with van der Waals surface area (Å²) in [7, 11) is 0. The highest BCUT2D eigenvalue weighted by Gasteiger charge is 2.55. The van der Waals surface area contributed by atoms with Gasteiger partial charge in [0.25, 0.3) is 5.91 Å². The molecule has 14 heavy (non-hydrogen) atoms. The van der Waals surface area contributed by atoms with Crippen LogP contribution < -0.4 is 10.1 Å². The fraction of sp³-hybridized carbons (Fsp3) is 0.300. The van der Waals surface area contributed by atoms with Gasteiger partial charge in [-0.2, -0.15) is 0 Å². The summed E-state index contributed by atoms with van der Waals surface area (Å²) in [5.74, 6) is 0.800. The molecule has 0 aromatic heterocycles. The molecule has 1 aromatic carbocycles. The molecule has 0 saturated heterocycles. The fourth-order valence-corrected chi connectivity index (χ4v) is 2.12. The molecule has 3 rings (SSSR count). The number of nitrogens with one attached hydrogen (secondary N) is 1. The van der Waals surface area contributed by atoms with E-state index in [0.29, 0.717) is 0 Å². The minimum atomic E-state index is -0.528. The average Bonchev–Trinajstić information content (AvgIpc) is 2.89. The van der Waals surface area contributed by atoms with Crippen molar-refractivity contribution in [1.82, 2.24) is 0 Å². The second kappa shape index (κ2) is 2.62. The number of benzene rings is 1. The van der Waals surface area contributed by atoms with Crippen LogP contribution >= 0.6 is 22.6 Å². The monoisotopic (exact) mass is 301 g/mol. The highest BCUT2D eigenvalue weighted by atomic mass is 127. The van der Waals surface area contributed by atoms with E-state index < -0.39 is 5.60 Å². The van der Waals surface area contributed by atoms with E-state index in [0.717, 1.165) is 27.8 Å². The van der Waals surface area contributed by atoms with Crippen molar-refractivity contribution in [2.24, 2.45) is 0 Å². The molecule has 0 bridgehead atoms. The lowest BCUT2D eigenvalue weighted by Crippen LogP contribution is -2.38. The molecular weight excluding hydrogens is 293 g/mol. The Labute approximate surface area is 95.0 Å². The smallest absolute Gasteiger partial charge is 0.268 e. The van der Waals surface area contributed by atoms with E-state index in [1.807, 2.05) is 18.2 Å². The summed E-state index contributed by atoms with van der Waals surface area (Å²) in [5, 5.41) is 2.88. The van der Waals surface area contributed by atoms with Crippen molar-refractivity contribution in [2.45, 2.75) is 18.4 Å². The molecule has 0 unspecified atom stereocenters. The molecule has 0 atom stereocenters. The maximum absolute atomic E-state index is 11.6. The second-order valence-electron chi connectivity index (χ2n) is 3.69. The van der Waals surface area contributed by atoms with Crippen molar-refractivity contribution in [3.63, 3.8) is 0 Å². The van der Waals surface area contributed by atoms with Gasteiger partial charge in [-0.15, -0.1) is 0 Å². The average molecular weight is 301 g/mol. The molecular formula is C10H8INO2. The van der Waals surface area contributed by atoms with E-state index in [4.69, 9.17) is 4.74 Å². The van der Waals surface area contributed by atoms with Crippen LogP contribution in [0.15, 0.2) is 18.2 Å². The van der Waals surface area contributed by atoms with Crippen LogP contribution in [-0.4, -0.2) is 11.5 Å². The number of fused-ring (bicyclic) bond motifs is 1. The highest BCUT2D eigenvalue weighted by Crippen LogP contribution is 2.46. The summed E-state index contributed by atoms with van der Waals surface area (Å²) in [5.41, 5.74) is 0.263. The van der Waals surface area contributed by atoms with Crippen molar-refractivity contribution >= 4 is 34.2 Å². The maximum atomic E-state index is 11.6. The van der Waals surface area contributed by atoms with Gasteiger partial charge in [-0.3, -0.25) is 4.79 Å². The Morgan fingerprint density at radius 3 is 2.93 bits per heavy atom. The molecule has 0 radical (unpaired) electrons. The number of anilines is 1. The van der Waals surface area contributed by atoms with Gasteiger partial charge < -0.3 is 10.1 Å². The molecule has 2 aliphatic rings. The molecule has 1 fully saturated rings. The number of hydrogen-bond acceptors (Lipinski definition) is 2. The molecule has 1 spiro atoms. The Kier molecular flexibility index (Phi) is 1.60. The second-order valence-corrected chi connectivity index (χ2v) is 4.94. The first-order valence-electron chi connectivity index (χ1n) is 4.50. The molecule has 1 aliphatic carbocycles. The third kappa shape index (κ3) is 1.13. The number of carbonyl (C=O) groups is 1. The van der Waals surface area contributed by atoms with Crippen molar-refractivity contribution < 1.29 is 9.53 Å². The van der Waals surface area contributed by atoms with Crippen molar-refractivity contribution in [3.05, 3.63) is 21.8 Å². The van der Waals surface area contributed by atoms with Gasteiger partial charge in [0.2, 0.25) is 0 Å². The Balaban J connectivity index is 2.06. The largest absolute Gasteiger partial charge is 0.475 e. The minimum absolute atomic E-state index is 0.00648. The van der Waals surface area contributed by atoms with E-state index >= 15 is 0 Å². The van der Waals surface area contributed by atoms with Gasteiger partial charge in [0.1, 0.15) is 5.75 Å². The fourth-order valence-electron chi connectivity index (χ4n) is 1.62. The normalized spacial score (nSPS) is 21.1. The number of halogens is 1. The zero-order chi connectivity index (χ0) is 9.76. The number of hydrogen-bond donors (Lipinski definition) is 1. The minimum Gasteiger partial charge on any atom is -0.475 e. The van der Waals surface area contributed by atoms with Crippen LogP contribution in [0.1, 0.15) is 12.8 Å². The lowest BCUT2D eigenvalue weighted by atomic mass is 10.2. The van der Waals surface area contributed by atoms with Crippen LogP contribution in [0.3, 0.4) is 0 Å². The van der Waals surface area contributed by atoms with Crippen molar-refractivity contribution in [1.29, 1.82) is 0 Å². The van der Waals surface area contributed by atoms with Gasteiger partial charge in [-0.25, -0.2) is 0 Å². The van der Waals surface area contributed by atoms with Gasteiger partial charge >= 0.3 is 0 Å². The first kappa shape index (κ1) is 8.52. The van der Waals surface area contributed by atoms with Crippen molar-refractivity contribution in [2.75, 3.05) is 5.32 Å². The number of amides is 1. The summed E-state index contributed by atoms with van der Waals surface area (Å²) in [6.07, 6.45) is 1.68. The highest BCUT2D eigenvalue weighted by molar-refractivity contribution is 14.1. The first-order valence-corrected chi connectivity index (χ1v) is 5.58. The van der Waals surface area contributed by atoms with E-state index in [9.17, 15) is 4.79 Å². The Morgan fingerprint density at radius 2 is 2.21 bits per heavy atom. The zero-order valence-corrected chi connectivity index (χ0v) is 9.50. The molecule has 1 aromatic rings. The van der Waals surface area contributed by atoms with Crippen LogP contribution in [0.25, 0.3) is 0 Å². The maximum Gasteiger partial charge on any atom is 0.268 e. The molecule has 1 N–H and O–H groups in total. The third-order valence-electron chi connectivity index (χ3n) is 2.61. The topological polar surface area (TPSA) is 38.3 Å². The van der Waals surface area contributed by atoms with Gasteiger partial charge in [-0.1, -0.05) is 0 Å². The van der Waals surface area contributed by atoms with Crippen LogP contribution in [0.4, 0.5) is 5.69 Å². The summed E-state index contributed by atoms with van der Waals surface area (Å²) in [6.45, 7) is 0. The van der Waals surface area contributed by atoms with Gasteiger partial charge in [-0.05, 0) is 40.8 Å². The Morgan fingerprint density at radius 1 is 1.43 bits per heavy atom. The Hall–Kier alpha value is -0.780. The summed E-state index contributed by atoms with van der Waals surface area (Å²) >= 11 is 2.21. The predicted octanol–water partition coefficient (Wildman–Crippen LogP) is 2.15. The van der Waals surface area contributed by atoms with E-state index in [-0.39, 0.29) is 5.91 Å². The zero-order valence-electron chi connectivity index (χ0n) is 7.34. The molecule has 1 saturated carbocycles. The quantitative estimate of drug-likeness (QED) is 0.746. The predicted molar refractivity (Wildman–Crippen MR) is 60.4 cm³/mol. The van der Waals surface area contributed by atoms with Gasteiger partial charge in [0, 0.05) is 16.4 Å². The molecule has 72 valence electrons. The third-order valence-corrected chi connectivity index (χ3v) is 3.28. The van der Waals surface area contributed by atoms with E-state index in [2.05, 4.69) is 27.9 Å². The summed E-state index contributed by atoms with van der Waals surface area (Å²) in [4.78, 5) is 11.6. The van der Waals surface area contributed by atoms with Gasteiger partial charge in [0.05, 0.1) is 5.69 Å². The lowest BCUT2D eigenvalue weighted by molar-refractivity contribution is -0.125. The van der Waals surface area contributed by atoms with Crippen LogP contribution in [0, 0.1) is 3.57 Å². The number of carbonyl (C=O) groups excluding carboxylic acids is 1. The summed E-state index contributed by atoms with van der Waals surface area (Å²) in [6, 6.07) is 5.81. The van der Waals surface area contributed by atoms with Crippen LogP contribution in [0.5, 0.6) is 5.75 Å². The molecule has 1 amide bonds.